The summed E-state index contributed by atoms with van der Waals surface area (Å²) >= 11 is 0. The first kappa shape index (κ1) is 19.8. The molecule has 0 radical (unpaired) electrons. The van der Waals surface area contributed by atoms with Crippen molar-refractivity contribution in [2.45, 2.75) is 38.1 Å². The molecule has 1 N–H and O–H groups in total. The molecule has 30 heavy (non-hydrogen) atoms. The molecule has 7 heteroatoms. The normalized spacial score (nSPS) is 14.4. The summed E-state index contributed by atoms with van der Waals surface area (Å²) in [5, 5.41) is 7.66. The zero-order valence-electron chi connectivity index (χ0n) is 17.5. The van der Waals surface area contributed by atoms with Gasteiger partial charge in [-0.2, -0.15) is 4.52 Å². The number of ether oxygens (including phenoxy) is 2. The van der Waals surface area contributed by atoms with E-state index in [9.17, 15) is 4.79 Å². The molecular weight excluding hydrogens is 380 g/mol. The first-order valence-electron chi connectivity index (χ1n) is 9.83. The topological polar surface area (TPSA) is 77.8 Å². The second-order valence-electron chi connectivity index (χ2n) is 7.73. The zero-order valence-corrected chi connectivity index (χ0v) is 17.5. The van der Waals surface area contributed by atoms with Crippen LogP contribution in [-0.2, 0) is 10.2 Å². The Labute approximate surface area is 175 Å². The molecule has 0 bridgehead atoms. The Morgan fingerprint density at radius 3 is 2.60 bits per heavy atom. The van der Waals surface area contributed by atoms with Crippen molar-refractivity contribution >= 4 is 11.6 Å². The third kappa shape index (κ3) is 3.14. The first-order valence-corrected chi connectivity index (χ1v) is 9.83. The molecule has 1 fully saturated rings. The monoisotopic (exact) mass is 404 g/mol. The van der Waals surface area contributed by atoms with Crippen LogP contribution in [0, 0.1) is 12.3 Å². The van der Waals surface area contributed by atoms with E-state index in [-0.39, 0.29) is 11.9 Å². The fraction of sp³-hybridized carbons (Fsp3) is 0.348. The van der Waals surface area contributed by atoms with E-state index in [4.69, 9.17) is 20.9 Å². The number of rotatable bonds is 6. The number of hydrogen-bond acceptors (Lipinski definition) is 5. The SMILES string of the molecule is C#Cc1ccc(-c2ccc(OC)n3nc(C4(C(=O)NC(C)C)CC4)nc23)cc1OC. The van der Waals surface area contributed by atoms with E-state index in [1.165, 1.54) is 0 Å². The highest BCUT2D eigenvalue weighted by atomic mass is 16.5. The van der Waals surface area contributed by atoms with Crippen LogP contribution in [0.4, 0.5) is 0 Å². The molecule has 154 valence electrons. The van der Waals surface area contributed by atoms with E-state index in [1.54, 1.807) is 18.7 Å². The number of nitrogens with one attached hydrogen (secondary N) is 1. The van der Waals surface area contributed by atoms with Gasteiger partial charge in [0.25, 0.3) is 0 Å². The van der Waals surface area contributed by atoms with Crippen molar-refractivity contribution in [1.29, 1.82) is 0 Å². The van der Waals surface area contributed by atoms with Gasteiger partial charge >= 0.3 is 0 Å². The number of nitrogens with zero attached hydrogens (tertiary/aromatic N) is 3. The second-order valence-corrected chi connectivity index (χ2v) is 7.73. The van der Waals surface area contributed by atoms with Gasteiger partial charge in [0.1, 0.15) is 11.2 Å². The lowest BCUT2D eigenvalue weighted by atomic mass is 10.0. The summed E-state index contributed by atoms with van der Waals surface area (Å²) < 4.78 is 12.6. The molecule has 2 heterocycles. The number of benzene rings is 1. The maximum Gasteiger partial charge on any atom is 0.234 e. The van der Waals surface area contributed by atoms with Gasteiger partial charge in [0, 0.05) is 17.7 Å². The van der Waals surface area contributed by atoms with Gasteiger partial charge in [0.15, 0.2) is 11.5 Å². The molecule has 0 spiro atoms. The quantitative estimate of drug-likeness (QED) is 0.639. The molecule has 1 saturated carbocycles. The summed E-state index contributed by atoms with van der Waals surface area (Å²) in [5.74, 6) is 4.25. The van der Waals surface area contributed by atoms with Crippen LogP contribution in [0.15, 0.2) is 30.3 Å². The van der Waals surface area contributed by atoms with Crippen molar-refractivity contribution in [2.75, 3.05) is 14.2 Å². The van der Waals surface area contributed by atoms with E-state index in [0.717, 1.165) is 24.0 Å². The fourth-order valence-electron chi connectivity index (χ4n) is 3.58. The maximum atomic E-state index is 12.8. The highest BCUT2D eigenvalue weighted by molar-refractivity contribution is 5.91. The largest absolute Gasteiger partial charge is 0.495 e. The first-order chi connectivity index (χ1) is 14.4. The van der Waals surface area contributed by atoms with Gasteiger partial charge in [0.05, 0.1) is 19.8 Å². The van der Waals surface area contributed by atoms with Crippen LogP contribution in [0.2, 0.25) is 0 Å². The molecule has 1 aromatic carbocycles. The molecule has 1 aliphatic rings. The molecule has 0 aliphatic heterocycles. The minimum absolute atomic E-state index is 0.0334. The maximum absolute atomic E-state index is 12.8. The fourth-order valence-corrected chi connectivity index (χ4v) is 3.58. The number of amides is 1. The zero-order chi connectivity index (χ0) is 21.5. The van der Waals surface area contributed by atoms with Gasteiger partial charge in [0.2, 0.25) is 11.8 Å². The lowest BCUT2D eigenvalue weighted by Crippen LogP contribution is -2.39. The molecular formula is C23H24N4O3. The van der Waals surface area contributed by atoms with E-state index >= 15 is 0 Å². The molecule has 3 aromatic rings. The molecule has 0 unspecified atom stereocenters. The number of carbonyl (C=O) groups excluding carboxylic acids is 1. The number of carbonyl (C=O) groups is 1. The Morgan fingerprint density at radius 2 is 2.00 bits per heavy atom. The van der Waals surface area contributed by atoms with Crippen molar-refractivity contribution in [3.05, 3.63) is 41.7 Å². The number of methoxy groups -OCH3 is 2. The predicted octanol–water partition coefficient (Wildman–Crippen LogP) is 2.95. The van der Waals surface area contributed by atoms with Gasteiger partial charge in [-0.15, -0.1) is 11.5 Å². The summed E-state index contributed by atoms with van der Waals surface area (Å²) in [6.45, 7) is 3.89. The summed E-state index contributed by atoms with van der Waals surface area (Å²) in [5.41, 5.74) is 2.34. The standard InChI is InChI=1S/C23H24N4O3/c1-6-15-7-8-16(13-18(15)29-4)17-9-10-19(30-5)27-20(17)25-21(26-27)23(11-12-23)22(28)24-14(2)3/h1,7-10,13-14H,11-12H2,2-5H3,(H,24,28). The third-order valence-corrected chi connectivity index (χ3v) is 5.36. The van der Waals surface area contributed by atoms with Gasteiger partial charge in [-0.25, -0.2) is 4.98 Å². The average Bonchev–Trinajstić information content (AvgIpc) is 3.44. The van der Waals surface area contributed by atoms with Gasteiger partial charge in [-0.05, 0) is 50.5 Å². The Bertz CT molecular complexity index is 1170. The Hall–Kier alpha value is -3.53. The number of pyridine rings is 1. The molecule has 0 atom stereocenters. The highest BCUT2D eigenvalue weighted by Gasteiger charge is 2.55. The van der Waals surface area contributed by atoms with Gasteiger partial charge in [-0.1, -0.05) is 12.0 Å². The van der Waals surface area contributed by atoms with Crippen LogP contribution >= 0.6 is 0 Å². The van der Waals surface area contributed by atoms with Crippen LogP contribution in [0.1, 0.15) is 38.1 Å². The van der Waals surface area contributed by atoms with Gasteiger partial charge in [-0.3, -0.25) is 4.79 Å². The highest BCUT2D eigenvalue weighted by Crippen LogP contribution is 2.47. The van der Waals surface area contributed by atoms with Crippen LogP contribution in [0.25, 0.3) is 16.8 Å². The number of terminal acetylenes is 1. The lowest BCUT2D eigenvalue weighted by molar-refractivity contribution is -0.124. The molecule has 1 amide bonds. The summed E-state index contributed by atoms with van der Waals surface area (Å²) in [6, 6.07) is 9.45. The van der Waals surface area contributed by atoms with Crippen molar-refractivity contribution in [1.82, 2.24) is 19.9 Å². The second kappa shape index (κ2) is 7.38. The molecule has 7 nitrogen and oxygen atoms in total. The van der Waals surface area contributed by atoms with Crippen molar-refractivity contribution in [3.63, 3.8) is 0 Å². The molecule has 4 rings (SSSR count). The van der Waals surface area contributed by atoms with Crippen LogP contribution in [0.5, 0.6) is 11.6 Å². The van der Waals surface area contributed by atoms with Gasteiger partial charge < -0.3 is 14.8 Å². The van der Waals surface area contributed by atoms with Crippen LogP contribution in [-0.4, -0.2) is 40.8 Å². The number of aromatic nitrogens is 3. The van der Waals surface area contributed by atoms with E-state index in [1.807, 2.05) is 44.2 Å². The summed E-state index contributed by atoms with van der Waals surface area (Å²) in [6.07, 6.45) is 7.01. The number of fused-ring (bicyclic) bond motifs is 1. The minimum atomic E-state index is -0.677. The third-order valence-electron chi connectivity index (χ3n) is 5.36. The lowest BCUT2D eigenvalue weighted by Gasteiger charge is -2.14. The minimum Gasteiger partial charge on any atom is -0.495 e. The molecule has 0 saturated heterocycles. The smallest absolute Gasteiger partial charge is 0.234 e. The van der Waals surface area contributed by atoms with E-state index in [2.05, 4.69) is 16.3 Å². The summed E-state index contributed by atoms with van der Waals surface area (Å²) in [4.78, 5) is 17.6. The van der Waals surface area contributed by atoms with Crippen molar-refractivity contribution in [2.24, 2.45) is 0 Å². The summed E-state index contributed by atoms with van der Waals surface area (Å²) in [7, 11) is 3.17. The Balaban J connectivity index is 1.86. The Kier molecular flexibility index (Phi) is 4.86. The van der Waals surface area contributed by atoms with Crippen LogP contribution in [0.3, 0.4) is 0 Å². The van der Waals surface area contributed by atoms with E-state index < -0.39 is 5.41 Å². The van der Waals surface area contributed by atoms with E-state index in [0.29, 0.717) is 28.7 Å². The molecule has 1 aliphatic carbocycles. The molecule has 2 aromatic heterocycles. The van der Waals surface area contributed by atoms with Crippen molar-refractivity contribution < 1.29 is 14.3 Å². The predicted molar refractivity (Wildman–Crippen MR) is 114 cm³/mol. The Morgan fingerprint density at radius 1 is 1.23 bits per heavy atom. The number of hydrogen-bond donors (Lipinski definition) is 1. The van der Waals surface area contributed by atoms with Crippen LogP contribution < -0.4 is 14.8 Å². The van der Waals surface area contributed by atoms with Crippen molar-refractivity contribution in [3.8, 4) is 35.1 Å². The average molecular weight is 404 g/mol.